The van der Waals surface area contributed by atoms with E-state index in [9.17, 15) is 9.18 Å². The highest BCUT2D eigenvalue weighted by Crippen LogP contribution is 2.24. The minimum atomic E-state index is -0.271. The number of hydrogen-bond acceptors (Lipinski definition) is 3. The lowest BCUT2D eigenvalue weighted by molar-refractivity contribution is 0.102. The summed E-state index contributed by atoms with van der Waals surface area (Å²) < 4.78 is 13.3. The van der Waals surface area contributed by atoms with Crippen molar-refractivity contribution in [2.75, 3.05) is 5.75 Å². The lowest BCUT2D eigenvalue weighted by Gasteiger charge is -2.02. The molecule has 0 aliphatic heterocycles. The van der Waals surface area contributed by atoms with Crippen LogP contribution in [0.4, 0.5) is 4.39 Å². The third-order valence-corrected chi connectivity index (χ3v) is 4.25. The molecule has 2 aromatic rings. The maximum absolute atomic E-state index is 13.3. The van der Waals surface area contributed by atoms with E-state index in [2.05, 4.69) is 0 Å². The fourth-order valence-electron chi connectivity index (χ4n) is 1.46. The van der Waals surface area contributed by atoms with E-state index >= 15 is 0 Å². The molecule has 0 unspecified atom stereocenters. The molecule has 17 heavy (non-hydrogen) atoms. The molecule has 0 radical (unpaired) electrons. The Balaban J connectivity index is 2.02. The van der Waals surface area contributed by atoms with Crippen LogP contribution in [0.2, 0.25) is 0 Å². The Labute approximate surface area is 108 Å². The topological polar surface area (TPSA) is 17.1 Å². The molecule has 0 atom stereocenters. The molecule has 0 bridgehead atoms. The molecule has 1 nitrogen and oxygen atoms in total. The Morgan fingerprint density at radius 1 is 1.35 bits per heavy atom. The van der Waals surface area contributed by atoms with Crippen molar-refractivity contribution in [1.29, 1.82) is 0 Å². The predicted molar refractivity (Wildman–Crippen MR) is 70.5 cm³/mol. The Kier molecular flexibility index (Phi) is 3.97. The van der Waals surface area contributed by atoms with Crippen LogP contribution in [0, 0.1) is 12.7 Å². The van der Waals surface area contributed by atoms with Crippen LogP contribution in [0.25, 0.3) is 0 Å². The lowest BCUT2D eigenvalue weighted by atomic mass is 10.2. The van der Waals surface area contributed by atoms with Gasteiger partial charge in [-0.3, -0.25) is 4.79 Å². The molecule has 0 aliphatic rings. The van der Waals surface area contributed by atoms with Crippen molar-refractivity contribution in [2.24, 2.45) is 0 Å². The summed E-state index contributed by atoms with van der Waals surface area (Å²) in [6, 6.07) is 8.33. The highest BCUT2D eigenvalue weighted by atomic mass is 32.2. The van der Waals surface area contributed by atoms with Gasteiger partial charge < -0.3 is 0 Å². The van der Waals surface area contributed by atoms with E-state index in [-0.39, 0.29) is 17.4 Å². The number of Topliss-reactive ketones (excluding diaryl/α,β-unsaturated/α-hetero) is 1. The van der Waals surface area contributed by atoms with Crippen LogP contribution in [0.1, 0.15) is 15.2 Å². The number of halogens is 1. The summed E-state index contributed by atoms with van der Waals surface area (Å²) in [6.45, 7) is 1.92. The SMILES string of the molecule is Cc1sccc1C(=O)CSc1ccccc1F. The number of aryl methyl sites for hydroxylation is 1. The lowest BCUT2D eigenvalue weighted by Crippen LogP contribution is -2.02. The summed E-state index contributed by atoms with van der Waals surface area (Å²) in [4.78, 5) is 13.4. The van der Waals surface area contributed by atoms with E-state index in [4.69, 9.17) is 0 Å². The molecule has 0 fully saturated rings. The van der Waals surface area contributed by atoms with Crippen molar-refractivity contribution in [3.05, 3.63) is 52.0 Å². The largest absolute Gasteiger partial charge is 0.293 e. The number of benzene rings is 1. The van der Waals surface area contributed by atoms with Crippen LogP contribution in [-0.2, 0) is 0 Å². The molecule has 88 valence electrons. The molecule has 0 saturated heterocycles. The van der Waals surface area contributed by atoms with E-state index in [1.807, 2.05) is 18.4 Å². The Morgan fingerprint density at radius 3 is 2.76 bits per heavy atom. The number of thiophene rings is 1. The summed E-state index contributed by atoms with van der Waals surface area (Å²) in [6.07, 6.45) is 0. The molecule has 4 heteroatoms. The van der Waals surface area contributed by atoms with Gasteiger partial charge in [0.25, 0.3) is 0 Å². The van der Waals surface area contributed by atoms with Gasteiger partial charge in [0, 0.05) is 15.3 Å². The minimum absolute atomic E-state index is 0.0528. The van der Waals surface area contributed by atoms with E-state index in [1.54, 1.807) is 29.5 Å². The second-order valence-electron chi connectivity index (χ2n) is 3.53. The zero-order chi connectivity index (χ0) is 12.3. The van der Waals surface area contributed by atoms with Gasteiger partial charge in [0.1, 0.15) is 5.82 Å². The number of carbonyl (C=O) groups excluding carboxylic acids is 1. The van der Waals surface area contributed by atoms with Crippen molar-refractivity contribution >= 4 is 28.9 Å². The van der Waals surface area contributed by atoms with Gasteiger partial charge in [-0.2, -0.15) is 0 Å². The average molecular weight is 266 g/mol. The van der Waals surface area contributed by atoms with Crippen molar-refractivity contribution in [3.63, 3.8) is 0 Å². The van der Waals surface area contributed by atoms with Gasteiger partial charge in [-0.25, -0.2) is 4.39 Å². The van der Waals surface area contributed by atoms with Crippen molar-refractivity contribution in [1.82, 2.24) is 0 Å². The maximum Gasteiger partial charge on any atom is 0.174 e. The average Bonchev–Trinajstić information content (AvgIpc) is 2.74. The quantitative estimate of drug-likeness (QED) is 0.610. The molecule has 1 heterocycles. The first-order valence-electron chi connectivity index (χ1n) is 5.13. The smallest absolute Gasteiger partial charge is 0.174 e. The molecule has 1 aromatic carbocycles. The first kappa shape index (κ1) is 12.3. The molecule has 0 saturated carbocycles. The summed E-state index contributed by atoms with van der Waals surface area (Å²) in [5.41, 5.74) is 0.749. The Morgan fingerprint density at radius 2 is 2.12 bits per heavy atom. The van der Waals surface area contributed by atoms with Crippen LogP contribution >= 0.6 is 23.1 Å². The van der Waals surface area contributed by atoms with E-state index < -0.39 is 0 Å². The number of ketones is 1. The van der Waals surface area contributed by atoms with Gasteiger partial charge in [-0.05, 0) is 30.5 Å². The highest BCUT2D eigenvalue weighted by Gasteiger charge is 2.11. The third-order valence-electron chi connectivity index (χ3n) is 2.35. The van der Waals surface area contributed by atoms with Gasteiger partial charge in [0.2, 0.25) is 0 Å². The third kappa shape index (κ3) is 2.96. The second kappa shape index (κ2) is 5.47. The van der Waals surface area contributed by atoms with Crippen LogP contribution in [0.5, 0.6) is 0 Å². The second-order valence-corrected chi connectivity index (χ2v) is 5.67. The Hall–Kier alpha value is -1.13. The maximum atomic E-state index is 13.3. The zero-order valence-corrected chi connectivity index (χ0v) is 10.9. The van der Waals surface area contributed by atoms with Crippen molar-refractivity contribution in [2.45, 2.75) is 11.8 Å². The number of thioether (sulfide) groups is 1. The predicted octanol–water partition coefficient (Wildman–Crippen LogP) is 4.17. The van der Waals surface area contributed by atoms with Crippen molar-refractivity contribution < 1.29 is 9.18 Å². The number of carbonyl (C=O) groups is 1. The Bertz CT molecular complexity index is 534. The van der Waals surface area contributed by atoms with Gasteiger partial charge in [0.05, 0.1) is 5.75 Å². The van der Waals surface area contributed by atoms with Gasteiger partial charge in [-0.15, -0.1) is 23.1 Å². The molecule has 0 N–H and O–H groups in total. The first-order chi connectivity index (χ1) is 8.18. The van der Waals surface area contributed by atoms with Crippen LogP contribution in [0.15, 0.2) is 40.6 Å². The number of rotatable bonds is 4. The summed E-state index contributed by atoms with van der Waals surface area (Å²) in [7, 11) is 0. The standard InChI is InChI=1S/C13H11FOS2/c1-9-10(6-7-16-9)12(15)8-17-13-5-3-2-4-11(13)14/h2-7H,8H2,1H3. The van der Waals surface area contributed by atoms with Crippen LogP contribution in [0.3, 0.4) is 0 Å². The fraction of sp³-hybridized carbons (Fsp3) is 0.154. The number of hydrogen-bond donors (Lipinski definition) is 0. The first-order valence-corrected chi connectivity index (χ1v) is 6.99. The van der Waals surface area contributed by atoms with Crippen LogP contribution in [-0.4, -0.2) is 11.5 Å². The molecule has 0 amide bonds. The summed E-state index contributed by atoms with van der Waals surface area (Å²) in [5.74, 6) is 0.0581. The van der Waals surface area contributed by atoms with Crippen molar-refractivity contribution in [3.8, 4) is 0 Å². The highest BCUT2D eigenvalue weighted by molar-refractivity contribution is 8.00. The normalized spacial score (nSPS) is 10.5. The minimum Gasteiger partial charge on any atom is -0.293 e. The molecule has 0 spiro atoms. The summed E-state index contributed by atoms with van der Waals surface area (Å²) in [5, 5.41) is 1.90. The summed E-state index contributed by atoms with van der Waals surface area (Å²) >= 11 is 2.80. The molecule has 0 aliphatic carbocycles. The van der Waals surface area contributed by atoms with E-state index in [1.165, 1.54) is 17.8 Å². The molecule has 2 rings (SSSR count). The van der Waals surface area contributed by atoms with Gasteiger partial charge >= 0.3 is 0 Å². The van der Waals surface area contributed by atoms with E-state index in [0.717, 1.165) is 10.4 Å². The van der Waals surface area contributed by atoms with Gasteiger partial charge in [-0.1, -0.05) is 12.1 Å². The molecular weight excluding hydrogens is 255 g/mol. The van der Waals surface area contributed by atoms with Crippen LogP contribution < -0.4 is 0 Å². The molecule has 1 aromatic heterocycles. The van der Waals surface area contributed by atoms with E-state index in [0.29, 0.717) is 4.90 Å². The monoisotopic (exact) mass is 266 g/mol. The fourth-order valence-corrected chi connectivity index (χ4v) is 3.00. The zero-order valence-electron chi connectivity index (χ0n) is 9.27. The van der Waals surface area contributed by atoms with Gasteiger partial charge in [0.15, 0.2) is 5.78 Å². The molecular formula is C13H11FOS2.